The summed E-state index contributed by atoms with van der Waals surface area (Å²) in [4.78, 5) is 11.6. The Bertz CT molecular complexity index is 466. The van der Waals surface area contributed by atoms with E-state index in [-0.39, 0.29) is 5.97 Å². The van der Waals surface area contributed by atoms with Gasteiger partial charge in [0.1, 0.15) is 11.5 Å². The van der Waals surface area contributed by atoms with Gasteiger partial charge in [-0.15, -0.1) is 0 Å². The molecule has 0 spiro atoms. The Labute approximate surface area is 126 Å². The molecular weight excluding hydrogens is 268 g/mol. The summed E-state index contributed by atoms with van der Waals surface area (Å²) in [5.41, 5.74) is 0.827. The van der Waals surface area contributed by atoms with E-state index in [2.05, 4.69) is 6.92 Å². The van der Waals surface area contributed by atoms with Gasteiger partial charge in [0.2, 0.25) is 0 Å². The first kappa shape index (κ1) is 17.1. The second-order valence-electron chi connectivity index (χ2n) is 4.42. The van der Waals surface area contributed by atoms with Crippen molar-refractivity contribution in [2.75, 3.05) is 19.8 Å². The van der Waals surface area contributed by atoms with Gasteiger partial charge in [-0.3, -0.25) is 0 Å². The minimum atomic E-state index is -0.334. The Balaban J connectivity index is 2.74. The van der Waals surface area contributed by atoms with Crippen molar-refractivity contribution < 1.29 is 19.0 Å². The zero-order valence-corrected chi connectivity index (χ0v) is 13.1. The summed E-state index contributed by atoms with van der Waals surface area (Å²) in [6, 6.07) is 5.55. The highest BCUT2D eigenvalue weighted by Gasteiger charge is 2.04. The van der Waals surface area contributed by atoms with Crippen LogP contribution >= 0.6 is 0 Å². The van der Waals surface area contributed by atoms with E-state index in [1.807, 2.05) is 32.0 Å². The maximum Gasteiger partial charge on any atom is 0.330 e. The van der Waals surface area contributed by atoms with Gasteiger partial charge < -0.3 is 14.2 Å². The van der Waals surface area contributed by atoms with Gasteiger partial charge in [0.25, 0.3) is 0 Å². The molecule has 1 aromatic rings. The number of carbonyl (C=O) groups excluding carboxylic acids is 1. The fourth-order valence-electron chi connectivity index (χ4n) is 1.71. The van der Waals surface area contributed by atoms with Crippen LogP contribution in [0.4, 0.5) is 0 Å². The Kier molecular flexibility index (Phi) is 8.02. The third kappa shape index (κ3) is 6.34. The summed E-state index contributed by atoms with van der Waals surface area (Å²) >= 11 is 0. The van der Waals surface area contributed by atoms with Crippen LogP contribution in [-0.4, -0.2) is 25.8 Å². The molecule has 0 N–H and O–H groups in total. The summed E-state index contributed by atoms with van der Waals surface area (Å²) in [6.45, 7) is 7.52. The van der Waals surface area contributed by atoms with Crippen molar-refractivity contribution in [1.82, 2.24) is 0 Å². The zero-order chi connectivity index (χ0) is 15.5. The second kappa shape index (κ2) is 9.86. The zero-order valence-electron chi connectivity index (χ0n) is 13.1. The number of esters is 1. The minimum absolute atomic E-state index is 0.334. The van der Waals surface area contributed by atoms with E-state index >= 15 is 0 Å². The molecule has 1 rings (SSSR count). The van der Waals surface area contributed by atoms with Crippen molar-refractivity contribution in [2.24, 2.45) is 0 Å². The molecule has 0 aliphatic carbocycles. The predicted octanol–water partition coefficient (Wildman–Crippen LogP) is 3.84. The SMILES string of the molecule is CCCCOC(=O)C=Cc1ccc(OCC)cc1OCC. The van der Waals surface area contributed by atoms with Crippen LogP contribution in [-0.2, 0) is 9.53 Å². The summed E-state index contributed by atoms with van der Waals surface area (Å²) in [5, 5.41) is 0. The first-order chi connectivity index (χ1) is 10.2. The summed E-state index contributed by atoms with van der Waals surface area (Å²) in [7, 11) is 0. The number of rotatable bonds is 9. The van der Waals surface area contributed by atoms with Crippen molar-refractivity contribution in [3.8, 4) is 11.5 Å². The Morgan fingerprint density at radius 3 is 2.57 bits per heavy atom. The molecule has 0 radical (unpaired) electrons. The fourth-order valence-corrected chi connectivity index (χ4v) is 1.71. The topological polar surface area (TPSA) is 44.8 Å². The normalized spacial score (nSPS) is 10.6. The van der Waals surface area contributed by atoms with Crippen molar-refractivity contribution in [2.45, 2.75) is 33.6 Å². The quantitative estimate of drug-likeness (QED) is 0.394. The van der Waals surface area contributed by atoms with Gasteiger partial charge in [0, 0.05) is 17.7 Å². The number of hydrogen-bond donors (Lipinski definition) is 0. The smallest absolute Gasteiger partial charge is 0.330 e. The number of unbranched alkanes of at least 4 members (excludes halogenated alkanes) is 1. The van der Waals surface area contributed by atoms with Crippen molar-refractivity contribution >= 4 is 12.0 Å². The van der Waals surface area contributed by atoms with Crippen molar-refractivity contribution in [1.29, 1.82) is 0 Å². The van der Waals surface area contributed by atoms with Crippen LogP contribution < -0.4 is 9.47 Å². The van der Waals surface area contributed by atoms with Gasteiger partial charge in [-0.25, -0.2) is 4.79 Å². The summed E-state index contributed by atoms with van der Waals surface area (Å²) in [5.74, 6) is 1.12. The Morgan fingerprint density at radius 2 is 1.90 bits per heavy atom. The molecule has 0 aromatic heterocycles. The standard InChI is InChI=1S/C17H24O4/c1-4-7-12-21-17(18)11-9-14-8-10-15(19-5-2)13-16(14)20-6-3/h8-11,13H,4-7,12H2,1-3H3. The third-order valence-corrected chi connectivity index (χ3v) is 2.74. The van der Waals surface area contributed by atoms with Crippen LogP contribution in [0.15, 0.2) is 24.3 Å². The molecule has 0 aliphatic heterocycles. The van der Waals surface area contributed by atoms with E-state index in [9.17, 15) is 4.79 Å². The molecule has 0 atom stereocenters. The maximum absolute atomic E-state index is 11.6. The lowest BCUT2D eigenvalue weighted by atomic mass is 10.1. The lowest BCUT2D eigenvalue weighted by Gasteiger charge is -2.10. The van der Waals surface area contributed by atoms with Crippen LogP contribution in [0.3, 0.4) is 0 Å². The molecule has 0 saturated heterocycles. The van der Waals surface area contributed by atoms with E-state index in [1.54, 1.807) is 6.08 Å². The monoisotopic (exact) mass is 292 g/mol. The third-order valence-electron chi connectivity index (χ3n) is 2.74. The van der Waals surface area contributed by atoms with E-state index in [0.29, 0.717) is 25.6 Å². The molecule has 0 bridgehead atoms. The maximum atomic E-state index is 11.6. The Hall–Kier alpha value is -1.97. The molecule has 0 heterocycles. The van der Waals surface area contributed by atoms with E-state index in [1.165, 1.54) is 6.08 Å². The van der Waals surface area contributed by atoms with Gasteiger partial charge in [0.15, 0.2) is 0 Å². The molecule has 0 unspecified atom stereocenters. The average Bonchev–Trinajstić information content (AvgIpc) is 2.47. The molecular formula is C17H24O4. The van der Waals surface area contributed by atoms with Gasteiger partial charge in [-0.05, 0) is 38.5 Å². The van der Waals surface area contributed by atoms with Crippen molar-refractivity contribution in [3.63, 3.8) is 0 Å². The predicted molar refractivity (Wildman–Crippen MR) is 83.7 cm³/mol. The molecule has 4 nitrogen and oxygen atoms in total. The average molecular weight is 292 g/mol. The molecule has 0 fully saturated rings. The number of benzene rings is 1. The van der Waals surface area contributed by atoms with Crippen LogP contribution in [0.1, 0.15) is 39.2 Å². The molecule has 1 aromatic carbocycles. The van der Waals surface area contributed by atoms with Gasteiger partial charge in [0.05, 0.1) is 19.8 Å². The molecule has 116 valence electrons. The number of carbonyl (C=O) groups is 1. The molecule has 0 saturated carbocycles. The first-order valence-corrected chi connectivity index (χ1v) is 7.45. The molecule has 4 heteroatoms. The van der Waals surface area contributed by atoms with Crippen LogP contribution in [0.5, 0.6) is 11.5 Å². The summed E-state index contributed by atoms with van der Waals surface area (Å²) in [6.07, 6.45) is 5.01. The van der Waals surface area contributed by atoms with Crippen LogP contribution in [0.25, 0.3) is 6.08 Å². The Morgan fingerprint density at radius 1 is 1.14 bits per heavy atom. The molecule has 21 heavy (non-hydrogen) atoms. The highest BCUT2D eigenvalue weighted by Crippen LogP contribution is 2.26. The van der Waals surface area contributed by atoms with Gasteiger partial charge in [-0.2, -0.15) is 0 Å². The highest BCUT2D eigenvalue weighted by atomic mass is 16.5. The van der Waals surface area contributed by atoms with Gasteiger partial charge in [-0.1, -0.05) is 13.3 Å². The van der Waals surface area contributed by atoms with E-state index in [4.69, 9.17) is 14.2 Å². The lowest BCUT2D eigenvalue weighted by molar-refractivity contribution is -0.137. The van der Waals surface area contributed by atoms with Crippen LogP contribution in [0.2, 0.25) is 0 Å². The minimum Gasteiger partial charge on any atom is -0.494 e. The lowest BCUT2D eigenvalue weighted by Crippen LogP contribution is -2.02. The number of ether oxygens (including phenoxy) is 3. The number of hydrogen-bond acceptors (Lipinski definition) is 4. The molecule has 0 amide bonds. The second-order valence-corrected chi connectivity index (χ2v) is 4.42. The van der Waals surface area contributed by atoms with E-state index < -0.39 is 0 Å². The first-order valence-electron chi connectivity index (χ1n) is 7.45. The van der Waals surface area contributed by atoms with Crippen LogP contribution in [0, 0.1) is 0 Å². The molecule has 0 aliphatic rings. The van der Waals surface area contributed by atoms with Gasteiger partial charge >= 0.3 is 5.97 Å². The van der Waals surface area contributed by atoms with Crippen molar-refractivity contribution in [3.05, 3.63) is 29.8 Å². The largest absolute Gasteiger partial charge is 0.494 e. The summed E-state index contributed by atoms with van der Waals surface area (Å²) < 4.78 is 16.1. The fraction of sp³-hybridized carbons (Fsp3) is 0.471. The van der Waals surface area contributed by atoms with E-state index in [0.717, 1.165) is 24.2 Å². The highest BCUT2D eigenvalue weighted by molar-refractivity contribution is 5.87.